The lowest BCUT2D eigenvalue weighted by atomic mass is 10.1. The van der Waals surface area contributed by atoms with Crippen molar-refractivity contribution in [2.45, 2.75) is 38.9 Å². The highest BCUT2D eigenvalue weighted by Gasteiger charge is 2.26. The number of benzene rings is 2. The van der Waals surface area contributed by atoms with Crippen molar-refractivity contribution >= 4 is 15.6 Å². The molecule has 2 aromatic rings. The average Bonchev–Trinajstić information content (AvgIpc) is 2.74. The van der Waals surface area contributed by atoms with E-state index in [9.17, 15) is 8.42 Å². The number of methoxy groups -OCH3 is 1. The SMILES string of the molecule is CCOC(CN(C=C(C)c1ccc(OC)cc1)S(=O)(=O)c1ccc(C)cc1)OCC. The highest BCUT2D eigenvalue weighted by atomic mass is 32.2. The maximum absolute atomic E-state index is 13.4. The van der Waals surface area contributed by atoms with E-state index in [-0.39, 0.29) is 11.4 Å². The standard InChI is InChI=1S/C23H31NO5S/c1-6-28-23(29-7-2)17-24(30(25,26)22-14-8-18(3)9-15-22)16-19(4)20-10-12-21(27-5)13-11-20/h8-16,23H,6-7,17H2,1-5H3. The monoisotopic (exact) mass is 433 g/mol. The largest absolute Gasteiger partial charge is 0.497 e. The molecule has 0 amide bonds. The van der Waals surface area contributed by atoms with Crippen LogP contribution in [0.3, 0.4) is 0 Å². The number of hydrogen-bond donors (Lipinski definition) is 0. The second-order valence-electron chi connectivity index (χ2n) is 6.77. The van der Waals surface area contributed by atoms with Gasteiger partial charge in [0.25, 0.3) is 10.0 Å². The Morgan fingerprint density at radius 3 is 2.07 bits per heavy atom. The summed E-state index contributed by atoms with van der Waals surface area (Å²) in [6, 6.07) is 14.3. The molecule has 0 bridgehead atoms. The number of sulfonamides is 1. The van der Waals surface area contributed by atoms with Crippen molar-refractivity contribution in [3.05, 3.63) is 65.9 Å². The first-order valence-corrected chi connectivity index (χ1v) is 11.4. The Balaban J connectivity index is 2.44. The summed E-state index contributed by atoms with van der Waals surface area (Å²) in [7, 11) is -2.19. The van der Waals surface area contributed by atoms with Crippen LogP contribution >= 0.6 is 0 Å². The molecule has 0 unspecified atom stereocenters. The molecule has 7 heteroatoms. The van der Waals surface area contributed by atoms with Gasteiger partial charge < -0.3 is 14.2 Å². The fourth-order valence-electron chi connectivity index (χ4n) is 2.88. The summed E-state index contributed by atoms with van der Waals surface area (Å²) in [5.74, 6) is 0.739. The van der Waals surface area contributed by atoms with Gasteiger partial charge in [-0.3, -0.25) is 4.31 Å². The number of aryl methyl sites for hydroxylation is 1. The summed E-state index contributed by atoms with van der Waals surface area (Å²) in [6.45, 7) is 8.38. The van der Waals surface area contributed by atoms with Crippen LogP contribution in [0.4, 0.5) is 0 Å². The van der Waals surface area contributed by atoms with Gasteiger partial charge in [0.05, 0.1) is 18.6 Å². The van der Waals surface area contributed by atoms with Crippen molar-refractivity contribution in [3.63, 3.8) is 0 Å². The molecular formula is C23H31NO5S. The highest BCUT2D eigenvalue weighted by molar-refractivity contribution is 7.89. The molecule has 164 valence electrons. The van der Waals surface area contributed by atoms with Crippen molar-refractivity contribution in [1.29, 1.82) is 0 Å². The lowest BCUT2D eigenvalue weighted by Gasteiger charge is -2.26. The quantitative estimate of drug-likeness (QED) is 0.490. The molecular weight excluding hydrogens is 402 g/mol. The van der Waals surface area contributed by atoms with Crippen molar-refractivity contribution in [1.82, 2.24) is 4.31 Å². The zero-order valence-corrected chi connectivity index (χ0v) is 19.1. The maximum Gasteiger partial charge on any atom is 0.263 e. The van der Waals surface area contributed by atoms with Gasteiger partial charge in [0, 0.05) is 19.4 Å². The second-order valence-corrected chi connectivity index (χ2v) is 8.66. The van der Waals surface area contributed by atoms with Gasteiger partial charge >= 0.3 is 0 Å². The molecule has 6 nitrogen and oxygen atoms in total. The Morgan fingerprint density at radius 2 is 1.57 bits per heavy atom. The Bertz CT molecular complexity index is 915. The molecule has 2 aromatic carbocycles. The first-order chi connectivity index (χ1) is 14.3. The van der Waals surface area contributed by atoms with Crippen LogP contribution in [0.2, 0.25) is 0 Å². The summed E-state index contributed by atoms with van der Waals surface area (Å²) in [6.07, 6.45) is 0.960. The number of nitrogens with zero attached hydrogens (tertiary/aromatic N) is 1. The molecule has 0 heterocycles. The molecule has 0 radical (unpaired) electrons. The molecule has 0 N–H and O–H groups in total. The molecule has 0 saturated carbocycles. The van der Waals surface area contributed by atoms with Gasteiger partial charge in [-0.2, -0.15) is 0 Å². The summed E-state index contributed by atoms with van der Waals surface area (Å²) in [5, 5.41) is 0. The van der Waals surface area contributed by atoms with Crippen LogP contribution in [0.1, 0.15) is 31.9 Å². The minimum Gasteiger partial charge on any atom is -0.497 e. The molecule has 0 atom stereocenters. The Kier molecular flexibility index (Phi) is 8.89. The molecule has 0 aromatic heterocycles. The molecule has 0 saturated heterocycles. The minimum absolute atomic E-state index is 0.0470. The van der Waals surface area contributed by atoms with E-state index >= 15 is 0 Å². The first-order valence-electron chi connectivity index (χ1n) is 9.96. The Morgan fingerprint density at radius 1 is 1.00 bits per heavy atom. The van der Waals surface area contributed by atoms with E-state index in [2.05, 4.69) is 0 Å². The number of hydrogen-bond acceptors (Lipinski definition) is 5. The van der Waals surface area contributed by atoms with Crippen molar-refractivity contribution < 1.29 is 22.6 Å². The van der Waals surface area contributed by atoms with Gasteiger partial charge in [-0.1, -0.05) is 29.8 Å². The third-order valence-corrected chi connectivity index (χ3v) is 6.28. The van der Waals surface area contributed by atoms with E-state index < -0.39 is 16.3 Å². The zero-order chi connectivity index (χ0) is 22.1. The van der Waals surface area contributed by atoms with E-state index in [1.807, 2.05) is 52.0 Å². The molecule has 2 rings (SSSR count). The van der Waals surface area contributed by atoms with Gasteiger partial charge in [-0.05, 0) is 63.1 Å². The topological polar surface area (TPSA) is 65.1 Å². The van der Waals surface area contributed by atoms with E-state index in [0.29, 0.717) is 13.2 Å². The highest BCUT2D eigenvalue weighted by Crippen LogP contribution is 2.23. The summed E-state index contributed by atoms with van der Waals surface area (Å²) in [5.41, 5.74) is 2.68. The van der Waals surface area contributed by atoms with Crippen molar-refractivity contribution in [3.8, 4) is 5.75 Å². The van der Waals surface area contributed by atoms with E-state index in [0.717, 1.165) is 22.4 Å². The maximum atomic E-state index is 13.4. The Hall–Kier alpha value is -2.35. The molecule has 0 spiro atoms. The molecule has 0 aliphatic heterocycles. The van der Waals surface area contributed by atoms with Gasteiger partial charge in [0.2, 0.25) is 0 Å². The van der Waals surface area contributed by atoms with Gasteiger partial charge in [-0.15, -0.1) is 0 Å². The van der Waals surface area contributed by atoms with Crippen molar-refractivity contribution in [2.24, 2.45) is 0 Å². The summed E-state index contributed by atoms with van der Waals surface area (Å²) < 4.78 is 44.5. The van der Waals surface area contributed by atoms with E-state index in [1.165, 1.54) is 4.31 Å². The smallest absolute Gasteiger partial charge is 0.263 e. The Labute approximate surface area is 180 Å². The molecule has 30 heavy (non-hydrogen) atoms. The number of rotatable bonds is 11. The summed E-state index contributed by atoms with van der Waals surface area (Å²) >= 11 is 0. The fraction of sp³-hybridized carbons (Fsp3) is 0.391. The van der Waals surface area contributed by atoms with Gasteiger partial charge in [0.1, 0.15) is 5.75 Å². The lowest BCUT2D eigenvalue weighted by Crippen LogP contribution is -2.36. The van der Waals surface area contributed by atoms with Crippen molar-refractivity contribution in [2.75, 3.05) is 26.9 Å². The van der Waals surface area contributed by atoms with Crippen LogP contribution in [0, 0.1) is 6.92 Å². The lowest BCUT2D eigenvalue weighted by molar-refractivity contribution is -0.137. The van der Waals surface area contributed by atoms with Gasteiger partial charge in [0.15, 0.2) is 6.29 Å². The van der Waals surface area contributed by atoms with E-state index in [1.54, 1.807) is 37.6 Å². The average molecular weight is 434 g/mol. The van der Waals surface area contributed by atoms with Crippen LogP contribution in [-0.2, 0) is 19.5 Å². The van der Waals surface area contributed by atoms with Crippen LogP contribution in [0.5, 0.6) is 5.75 Å². The third kappa shape index (κ3) is 6.32. The normalized spacial score (nSPS) is 12.3. The molecule has 0 aliphatic carbocycles. The second kappa shape index (κ2) is 11.2. The van der Waals surface area contributed by atoms with Gasteiger partial charge in [-0.25, -0.2) is 8.42 Å². The molecule has 0 aliphatic rings. The predicted molar refractivity (Wildman–Crippen MR) is 119 cm³/mol. The fourth-order valence-corrected chi connectivity index (χ4v) is 4.25. The number of ether oxygens (including phenoxy) is 3. The third-order valence-electron chi connectivity index (χ3n) is 4.54. The predicted octanol–water partition coefficient (Wildman–Crippen LogP) is 4.45. The van der Waals surface area contributed by atoms with Crippen LogP contribution in [0.15, 0.2) is 59.6 Å². The molecule has 0 fully saturated rings. The minimum atomic E-state index is -3.79. The van der Waals surface area contributed by atoms with Crippen LogP contribution < -0.4 is 4.74 Å². The van der Waals surface area contributed by atoms with Crippen LogP contribution in [0.25, 0.3) is 5.57 Å². The zero-order valence-electron chi connectivity index (χ0n) is 18.3. The van der Waals surface area contributed by atoms with Crippen LogP contribution in [-0.4, -0.2) is 45.9 Å². The summed E-state index contributed by atoms with van der Waals surface area (Å²) in [4.78, 5) is 0.221. The first kappa shape index (κ1) is 23.9. The number of allylic oxidation sites excluding steroid dienone is 1. The van der Waals surface area contributed by atoms with E-state index in [4.69, 9.17) is 14.2 Å².